The Bertz CT molecular complexity index is 670. The maximum absolute atomic E-state index is 13.7. The van der Waals surface area contributed by atoms with Gasteiger partial charge < -0.3 is 15.4 Å². The average Bonchev–Trinajstić information content (AvgIpc) is 2.66. The SMILES string of the molecule is CCCNC(=O)CN1CCC(NC(=O)/C=C/c2ccc(OC)c(F)c2)CC1. The van der Waals surface area contributed by atoms with E-state index in [9.17, 15) is 14.0 Å². The summed E-state index contributed by atoms with van der Waals surface area (Å²) in [6, 6.07) is 4.63. The van der Waals surface area contributed by atoms with Gasteiger partial charge in [0.15, 0.2) is 11.6 Å². The van der Waals surface area contributed by atoms with Crippen molar-refractivity contribution in [3.8, 4) is 5.75 Å². The monoisotopic (exact) mass is 377 g/mol. The van der Waals surface area contributed by atoms with E-state index in [4.69, 9.17) is 4.74 Å². The first kappa shape index (κ1) is 20.9. The fourth-order valence-electron chi connectivity index (χ4n) is 2.97. The molecule has 1 aliphatic heterocycles. The van der Waals surface area contributed by atoms with E-state index in [2.05, 4.69) is 15.5 Å². The molecule has 0 bridgehead atoms. The smallest absolute Gasteiger partial charge is 0.244 e. The van der Waals surface area contributed by atoms with Gasteiger partial charge in [-0.25, -0.2) is 4.39 Å². The van der Waals surface area contributed by atoms with Gasteiger partial charge in [0, 0.05) is 31.8 Å². The molecule has 0 radical (unpaired) electrons. The summed E-state index contributed by atoms with van der Waals surface area (Å²) in [7, 11) is 1.41. The van der Waals surface area contributed by atoms with Crippen LogP contribution in [0.25, 0.3) is 6.08 Å². The van der Waals surface area contributed by atoms with Crippen LogP contribution in [0.2, 0.25) is 0 Å². The van der Waals surface area contributed by atoms with Crippen LogP contribution >= 0.6 is 0 Å². The Morgan fingerprint density at radius 1 is 1.33 bits per heavy atom. The number of halogens is 1. The zero-order valence-electron chi connectivity index (χ0n) is 16.0. The maximum Gasteiger partial charge on any atom is 0.244 e. The highest BCUT2D eigenvalue weighted by Gasteiger charge is 2.21. The van der Waals surface area contributed by atoms with Gasteiger partial charge in [0.1, 0.15) is 0 Å². The van der Waals surface area contributed by atoms with Gasteiger partial charge in [0.25, 0.3) is 0 Å². The van der Waals surface area contributed by atoms with Crippen LogP contribution in [-0.2, 0) is 9.59 Å². The molecule has 2 amide bonds. The zero-order chi connectivity index (χ0) is 19.6. The fraction of sp³-hybridized carbons (Fsp3) is 0.500. The molecule has 1 aromatic carbocycles. The number of nitrogens with one attached hydrogen (secondary N) is 2. The van der Waals surface area contributed by atoms with Crippen molar-refractivity contribution < 1.29 is 18.7 Å². The van der Waals surface area contributed by atoms with Gasteiger partial charge in [-0.15, -0.1) is 0 Å². The second-order valence-corrected chi connectivity index (χ2v) is 6.64. The molecule has 2 N–H and O–H groups in total. The van der Waals surface area contributed by atoms with Crippen LogP contribution in [0.1, 0.15) is 31.7 Å². The van der Waals surface area contributed by atoms with Crippen LogP contribution in [0.15, 0.2) is 24.3 Å². The highest BCUT2D eigenvalue weighted by molar-refractivity contribution is 5.91. The van der Waals surface area contributed by atoms with Crippen molar-refractivity contribution in [2.75, 3.05) is 33.3 Å². The molecule has 0 aliphatic carbocycles. The minimum absolute atomic E-state index is 0.0500. The topological polar surface area (TPSA) is 70.7 Å². The van der Waals surface area contributed by atoms with E-state index in [0.717, 1.165) is 32.4 Å². The largest absolute Gasteiger partial charge is 0.494 e. The summed E-state index contributed by atoms with van der Waals surface area (Å²) >= 11 is 0. The predicted octanol–water partition coefficient (Wildman–Crippen LogP) is 1.95. The highest BCUT2D eigenvalue weighted by Crippen LogP contribution is 2.18. The van der Waals surface area contributed by atoms with E-state index < -0.39 is 5.82 Å². The maximum atomic E-state index is 13.7. The summed E-state index contributed by atoms with van der Waals surface area (Å²) < 4.78 is 18.5. The van der Waals surface area contributed by atoms with Crippen LogP contribution in [0.5, 0.6) is 5.75 Å². The molecule has 1 aromatic rings. The van der Waals surface area contributed by atoms with Crippen molar-refractivity contribution in [1.29, 1.82) is 0 Å². The third-order valence-corrected chi connectivity index (χ3v) is 4.48. The van der Waals surface area contributed by atoms with Gasteiger partial charge in [-0.2, -0.15) is 0 Å². The van der Waals surface area contributed by atoms with E-state index in [-0.39, 0.29) is 23.6 Å². The van der Waals surface area contributed by atoms with Crippen molar-refractivity contribution >= 4 is 17.9 Å². The van der Waals surface area contributed by atoms with Crippen LogP contribution in [0.4, 0.5) is 4.39 Å². The number of piperidine rings is 1. The highest BCUT2D eigenvalue weighted by atomic mass is 19.1. The lowest BCUT2D eigenvalue weighted by molar-refractivity contribution is -0.123. The quantitative estimate of drug-likeness (QED) is 0.680. The van der Waals surface area contributed by atoms with Crippen molar-refractivity contribution in [2.24, 2.45) is 0 Å². The number of rotatable bonds is 8. The number of hydrogen-bond donors (Lipinski definition) is 2. The average molecular weight is 377 g/mol. The molecule has 0 saturated carbocycles. The second-order valence-electron chi connectivity index (χ2n) is 6.64. The van der Waals surface area contributed by atoms with E-state index in [1.165, 1.54) is 25.3 Å². The van der Waals surface area contributed by atoms with Gasteiger partial charge in [0.2, 0.25) is 11.8 Å². The molecule has 0 atom stereocenters. The Balaban J connectivity index is 1.74. The summed E-state index contributed by atoms with van der Waals surface area (Å²) in [5.74, 6) is -0.443. The number of amides is 2. The Labute approximate surface area is 159 Å². The summed E-state index contributed by atoms with van der Waals surface area (Å²) in [6.07, 6.45) is 5.52. The van der Waals surface area contributed by atoms with E-state index in [1.54, 1.807) is 12.1 Å². The number of ether oxygens (including phenoxy) is 1. The Morgan fingerprint density at radius 3 is 2.70 bits per heavy atom. The zero-order valence-corrected chi connectivity index (χ0v) is 16.0. The molecule has 27 heavy (non-hydrogen) atoms. The molecule has 0 aromatic heterocycles. The van der Waals surface area contributed by atoms with E-state index >= 15 is 0 Å². The number of hydrogen-bond acceptors (Lipinski definition) is 4. The third kappa shape index (κ3) is 7.02. The first-order valence-corrected chi connectivity index (χ1v) is 9.33. The molecule has 148 valence electrons. The lowest BCUT2D eigenvalue weighted by Gasteiger charge is -2.31. The van der Waals surface area contributed by atoms with Crippen molar-refractivity contribution in [3.63, 3.8) is 0 Å². The van der Waals surface area contributed by atoms with Crippen LogP contribution in [0, 0.1) is 5.82 Å². The number of nitrogens with zero attached hydrogens (tertiary/aromatic N) is 1. The number of carbonyl (C=O) groups excluding carboxylic acids is 2. The van der Waals surface area contributed by atoms with Crippen LogP contribution in [-0.4, -0.2) is 56.0 Å². The number of carbonyl (C=O) groups is 2. The molecule has 2 rings (SSSR count). The Hall–Kier alpha value is -2.41. The summed E-state index contributed by atoms with van der Waals surface area (Å²) in [4.78, 5) is 25.9. The van der Waals surface area contributed by atoms with Crippen molar-refractivity contribution in [3.05, 3.63) is 35.7 Å². The molecular formula is C20H28FN3O3. The molecule has 0 spiro atoms. The number of methoxy groups -OCH3 is 1. The van der Waals surface area contributed by atoms with Crippen molar-refractivity contribution in [1.82, 2.24) is 15.5 Å². The summed E-state index contributed by atoms with van der Waals surface area (Å²) in [6.45, 7) is 4.68. The Morgan fingerprint density at radius 2 is 2.07 bits per heavy atom. The molecule has 1 fully saturated rings. The van der Waals surface area contributed by atoms with Gasteiger partial charge in [-0.1, -0.05) is 13.0 Å². The Kier molecular flexibility index (Phi) is 8.26. The fourth-order valence-corrected chi connectivity index (χ4v) is 2.97. The second kappa shape index (κ2) is 10.7. The standard InChI is InChI=1S/C20H28FN3O3/c1-3-10-22-20(26)14-24-11-8-16(9-12-24)23-19(25)7-5-15-4-6-18(27-2)17(21)13-15/h4-7,13,16H,3,8-12,14H2,1-2H3,(H,22,26)(H,23,25)/b7-5+. The molecule has 1 saturated heterocycles. The molecule has 6 nitrogen and oxygen atoms in total. The van der Waals surface area contributed by atoms with Gasteiger partial charge in [0.05, 0.1) is 13.7 Å². The molecule has 1 aliphatic rings. The molecule has 0 unspecified atom stereocenters. The van der Waals surface area contributed by atoms with Gasteiger partial charge >= 0.3 is 0 Å². The normalized spacial score (nSPS) is 15.7. The van der Waals surface area contributed by atoms with Crippen LogP contribution in [0.3, 0.4) is 0 Å². The molecule has 1 heterocycles. The number of benzene rings is 1. The predicted molar refractivity (Wildman–Crippen MR) is 103 cm³/mol. The summed E-state index contributed by atoms with van der Waals surface area (Å²) in [5.41, 5.74) is 0.594. The van der Waals surface area contributed by atoms with Gasteiger partial charge in [-0.05, 0) is 43.0 Å². The molecular weight excluding hydrogens is 349 g/mol. The first-order valence-electron chi connectivity index (χ1n) is 9.33. The summed E-state index contributed by atoms with van der Waals surface area (Å²) in [5, 5.41) is 5.84. The van der Waals surface area contributed by atoms with Crippen LogP contribution < -0.4 is 15.4 Å². The number of likely N-dealkylation sites (tertiary alicyclic amines) is 1. The third-order valence-electron chi connectivity index (χ3n) is 4.48. The van der Waals surface area contributed by atoms with E-state index in [1.807, 2.05) is 6.92 Å². The van der Waals surface area contributed by atoms with Gasteiger partial charge in [-0.3, -0.25) is 14.5 Å². The lowest BCUT2D eigenvalue weighted by Crippen LogP contribution is -2.47. The van der Waals surface area contributed by atoms with E-state index in [0.29, 0.717) is 18.7 Å². The molecule has 7 heteroatoms. The first-order chi connectivity index (χ1) is 13.0. The van der Waals surface area contributed by atoms with Crippen molar-refractivity contribution in [2.45, 2.75) is 32.2 Å². The minimum atomic E-state index is -0.463. The lowest BCUT2D eigenvalue weighted by atomic mass is 10.0. The minimum Gasteiger partial charge on any atom is -0.494 e.